The van der Waals surface area contributed by atoms with E-state index >= 15 is 0 Å². The Labute approximate surface area is 126 Å². The summed E-state index contributed by atoms with van der Waals surface area (Å²) in [4.78, 5) is 16.2. The third-order valence-corrected chi connectivity index (χ3v) is 4.54. The predicted molar refractivity (Wildman–Crippen MR) is 73.7 cm³/mol. The van der Waals surface area contributed by atoms with Gasteiger partial charge in [-0.3, -0.25) is 9.78 Å². The first-order valence-electron chi connectivity index (χ1n) is 7.27. The Kier molecular flexibility index (Phi) is 3.43. The van der Waals surface area contributed by atoms with Gasteiger partial charge in [-0.1, -0.05) is 0 Å². The quantitative estimate of drug-likeness (QED) is 0.896. The Balaban J connectivity index is 1.80. The predicted octanol–water partition coefficient (Wildman–Crippen LogP) is 1.92. The lowest BCUT2D eigenvalue weighted by molar-refractivity contribution is -0.139. The number of carbonyl (C=O) groups excluding carboxylic acids is 1. The van der Waals surface area contributed by atoms with Crippen LogP contribution in [-0.2, 0) is 16.5 Å². The van der Waals surface area contributed by atoms with Crippen molar-refractivity contribution in [1.82, 2.24) is 15.6 Å². The lowest BCUT2D eigenvalue weighted by Crippen LogP contribution is -2.44. The summed E-state index contributed by atoms with van der Waals surface area (Å²) in [7, 11) is 0. The number of fused-ring (bicyclic) bond motifs is 1. The monoisotopic (exact) mass is 313 g/mol. The molecule has 7 heteroatoms. The van der Waals surface area contributed by atoms with Crippen molar-refractivity contribution in [2.45, 2.75) is 25.6 Å². The molecule has 2 unspecified atom stereocenters. The lowest BCUT2D eigenvalue weighted by Gasteiger charge is -2.28. The molecule has 3 rings (SSSR count). The van der Waals surface area contributed by atoms with E-state index in [0.717, 1.165) is 19.2 Å². The average molecular weight is 313 g/mol. The molecule has 120 valence electrons. The van der Waals surface area contributed by atoms with E-state index in [0.29, 0.717) is 11.8 Å². The van der Waals surface area contributed by atoms with Crippen LogP contribution in [0, 0.1) is 17.8 Å². The number of alkyl halides is 3. The van der Waals surface area contributed by atoms with Crippen molar-refractivity contribution >= 4 is 5.91 Å². The number of nitrogens with zero attached hydrogens (tertiary/aromatic N) is 1. The van der Waals surface area contributed by atoms with Gasteiger partial charge in [0.15, 0.2) is 0 Å². The van der Waals surface area contributed by atoms with E-state index < -0.39 is 17.3 Å². The van der Waals surface area contributed by atoms with E-state index in [4.69, 9.17) is 0 Å². The van der Waals surface area contributed by atoms with Crippen molar-refractivity contribution < 1.29 is 18.0 Å². The molecule has 1 saturated carbocycles. The van der Waals surface area contributed by atoms with Gasteiger partial charge in [-0.05, 0) is 50.9 Å². The fraction of sp³-hybridized carbons (Fsp3) is 0.600. The number of amides is 1. The maximum atomic E-state index is 13.1. The Bertz CT molecular complexity index is 590. The Hall–Kier alpha value is -1.63. The number of piperidine rings is 1. The van der Waals surface area contributed by atoms with Crippen molar-refractivity contribution in [3.05, 3.63) is 29.6 Å². The Morgan fingerprint density at radius 2 is 1.95 bits per heavy atom. The van der Waals surface area contributed by atoms with Crippen LogP contribution in [0.5, 0.6) is 0 Å². The first-order valence-corrected chi connectivity index (χ1v) is 7.27. The molecule has 0 aromatic carbocycles. The molecule has 2 fully saturated rings. The number of hydrogen-bond donors (Lipinski definition) is 2. The highest BCUT2D eigenvalue weighted by Crippen LogP contribution is 2.49. The zero-order valence-electron chi connectivity index (χ0n) is 12.4. The summed E-state index contributed by atoms with van der Waals surface area (Å²) in [5.74, 6) is 0.377. The number of halogens is 3. The number of aromatic nitrogens is 1. The molecule has 1 amide bonds. The van der Waals surface area contributed by atoms with Crippen LogP contribution in [0.25, 0.3) is 0 Å². The van der Waals surface area contributed by atoms with Gasteiger partial charge in [0.1, 0.15) is 0 Å². The van der Waals surface area contributed by atoms with Crippen LogP contribution < -0.4 is 10.6 Å². The summed E-state index contributed by atoms with van der Waals surface area (Å²) < 4.78 is 39.3. The maximum Gasteiger partial charge on any atom is 0.418 e. The van der Waals surface area contributed by atoms with Crippen molar-refractivity contribution in [3.8, 4) is 0 Å². The normalized spacial score (nSPS) is 27.4. The fourth-order valence-corrected chi connectivity index (χ4v) is 3.39. The van der Waals surface area contributed by atoms with Gasteiger partial charge in [0.2, 0.25) is 5.91 Å². The minimum absolute atomic E-state index is 0.0847. The zero-order chi connectivity index (χ0) is 16.1. The molecule has 0 bridgehead atoms. The molecule has 2 aliphatic rings. The smallest absolute Gasteiger partial charge is 0.345 e. The second-order valence-corrected chi connectivity index (χ2v) is 6.52. The van der Waals surface area contributed by atoms with Crippen molar-refractivity contribution in [2.75, 3.05) is 13.1 Å². The Morgan fingerprint density at radius 3 is 2.55 bits per heavy atom. The number of carbonyl (C=O) groups is 1. The van der Waals surface area contributed by atoms with Crippen LogP contribution in [0.2, 0.25) is 0 Å². The third-order valence-electron chi connectivity index (χ3n) is 4.54. The molecule has 0 spiro atoms. The number of rotatable bonds is 3. The summed E-state index contributed by atoms with van der Waals surface area (Å²) in [6, 6.07) is 2.24. The van der Waals surface area contributed by atoms with Gasteiger partial charge in [-0.2, -0.15) is 13.2 Å². The summed E-state index contributed by atoms with van der Waals surface area (Å²) in [5.41, 5.74) is -2.13. The SMILES string of the molecule is CC(C)(NC(=O)C1C2CNCC21)c1ncccc1C(F)(F)F. The topological polar surface area (TPSA) is 54.0 Å². The van der Waals surface area contributed by atoms with Crippen molar-refractivity contribution in [3.63, 3.8) is 0 Å². The van der Waals surface area contributed by atoms with Gasteiger partial charge in [0.25, 0.3) is 0 Å². The second-order valence-electron chi connectivity index (χ2n) is 6.52. The zero-order valence-corrected chi connectivity index (χ0v) is 12.4. The molecule has 2 atom stereocenters. The van der Waals surface area contributed by atoms with Crippen molar-refractivity contribution in [2.24, 2.45) is 17.8 Å². The van der Waals surface area contributed by atoms with Gasteiger partial charge < -0.3 is 10.6 Å². The molecule has 2 N–H and O–H groups in total. The van der Waals surface area contributed by atoms with E-state index in [1.54, 1.807) is 13.8 Å². The Morgan fingerprint density at radius 1 is 1.32 bits per heavy atom. The summed E-state index contributed by atoms with van der Waals surface area (Å²) in [6.45, 7) is 4.72. The molecule has 1 saturated heterocycles. The molecule has 1 aromatic rings. The number of nitrogens with one attached hydrogen (secondary N) is 2. The standard InChI is InChI=1S/C15H18F3N3O/c1-14(2,12-10(15(16,17)18)4-3-5-20-12)21-13(22)11-8-6-19-7-9(8)11/h3-5,8-9,11,19H,6-7H2,1-2H3,(H,21,22). The van der Waals surface area contributed by atoms with E-state index in [9.17, 15) is 18.0 Å². The van der Waals surface area contributed by atoms with Gasteiger partial charge in [-0.25, -0.2) is 0 Å². The first-order chi connectivity index (χ1) is 10.2. The minimum Gasteiger partial charge on any atom is -0.345 e. The highest BCUT2D eigenvalue weighted by molar-refractivity contribution is 5.83. The summed E-state index contributed by atoms with van der Waals surface area (Å²) >= 11 is 0. The molecular formula is C15H18F3N3O. The van der Waals surface area contributed by atoms with E-state index in [2.05, 4.69) is 15.6 Å². The van der Waals surface area contributed by atoms with Crippen LogP contribution in [0.1, 0.15) is 25.1 Å². The van der Waals surface area contributed by atoms with Gasteiger partial charge >= 0.3 is 6.18 Å². The third kappa shape index (κ3) is 2.58. The van der Waals surface area contributed by atoms with Gasteiger partial charge in [-0.15, -0.1) is 0 Å². The molecule has 1 aliphatic carbocycles. The van der Waals surface area contributed by atoms with E-state index in [1.807, 2.05) is 0 Å². The summed E-state index contributed by atoms with van der Waals surface area (Å²) in [6.07, 6.45) is -3.18. The number of pyridine rings is 1. The molecule has 0 radical (unpaired) electrons. The van der Waals surface area contributed by atoms with Crippen LogP contribution in [0.4, 0.5) is 13.2 Å². The van der Waals surface area contributed by atoms with Crippen LogP contribution >= 0.6 is 0 Å². The first kappa shape index (κ1) is 15.3. The molecule has 2 heterocycles. The van der Waals surface area contributed by atoms with Crippen LogP contribution in [-0.4, -0.2) is 24.0 Å². The molecule has 1 aromatic heterocycles. The largest absolute Gasteiger partial charge is 0.418 e. The van der Waals surface area contributed by atoms with Crippen LogP contribution in [0.3, 0.4) is 0 Å². The maximum absolute atomic E-state index is 13.1. The number of hydrogen-bond acceptors (Lipinski definition) is 3. The molecule has 1 aliphatic heterocycles. The lowest BCUT2D eigenvalue weighted by atomic mass is 9.94. The van der Waals surface area contributed by atoms with Gasteiger partial charge in [0, 0.05) is 12.1 Å². The van der Waals surface area contributed by atoms with Gasteiger partial charge in [0.05, 0.1) is 16.8 Å². The minimum atomic E-state index is -4.49. The summed E-state index contributed by atoms with van der Waals surface area (Å²) in [5, 5.41) is 5.94. The van der Waals surface area contributed by atoms with Crippen molar-refractivity contribution in [1.29, 1.82) is 0 Å². The van der Waals surface area contributed by atoms with E-state index in [-0.39, 0.29) is 17.5 Å². The second kappa shape index (κ2) is 4.94. The molecule has 22 heavy (non-hydrogen) atoms. The highest BCUT2D eigenvalue weighted by atomic mass is 19.4. The fourth-order valence-electron chi connectivity index (χ4n) is 3.39. The van der Waals surface area contributed by atoms with E-state index in [1.165, 1.54) is 12.3 Å². The average Bonchev–Trinajstić information content (AvgIpc) is 2.92. The van der Waals surface area contributed by atoms with Crippen LogP contribution in [0.15, 0.2) is 18.3 Å². The highest BCUT2D eigenvalue weighted by Gasteiger charge is 2.57. The molecular weight excluding hydrogens is 295 g/mol. The molecule has 4 nitrogen and oxygen atoms in total.